The number of amides is 1. The molecular weight excluding hydrogens is 715 g/mol. The molecule has 52 heavy (non-hydrogen) atoms. The van der Waals surface area contributed by atoms with E-state index in [0.717, 1.165) is 11.1 Å². The molecule has 0 aliphatic carbocycles. The zero-order valence-corrected chi connectivity index (χ0v) is 35.0. The highest BCUT2D eigenvalue weighted by atomic mass is 32.2. The van der Waals surface area contributed by atoms with E-state index in [9.17, 15) is 13.2 Å². The number of anilines is 1. The van der Waals surface area contributed by atoms with Gasteiger partial charge < -0.3 is 17.8 Å². The number of hydrogen-bond acceptors (Lipinski definition) is 10. The van der Waals surface area contributed by atoms with Gasteiger partial charge >= 0.3 is 10.1 Å². The first-order valence-corrected chi connectivity index (χ1v) is 24.9. The maximum absolute atomic E-state index is 13.5. The summed E-state index contributed by atoms with van der Waals surface area (Å²) < 4.78 is 54.6. The van der Waals surface area contributed by atoms with Crippen LogP contribution in [0.25, 0.3) is 11.2 Å². The highest BCUT2D eigenvalue weighted by molar-refractivity contribution is 7.87. The van der Waals surface area contributed by atoms with Crippen molar-refractivity contribution < 1.29 is 31.0 Å². The number of nitrogens with zero attached hydrogens (tertiary/aromatic N) is 4. The van der Waals surface area contributed by atoms with Crippen molar-refractivity contribution in [2.24, 2.45) is 0 Å². The van der Waals surface area contributed by atoms with E-state index in [0.29, 0.717) is 13.0 Å². The largest absolute Gasteiger partial charge is 0.414 e. The molecule has 0 spiro atoms. The van der Waals surface area contributed by atoms with E-state index in [1.54, 1.807) is 16.7 Å². The van der Waals surface area contributed by atoms with Gasteiger partial charge in [-0.15, -0.1) is 0 Å². The number of nitrogens with one attached hydrogen (secondary N) is 1. The summed E-state index contributed by atoms with van der Waals surface area (Å²) in [5.74, 6) is -0.829. The van der Waals surface area contributed by atoms with Crippen molar-refractivity contribution in [2.45, 2.75) is 121 Å². The minimum absolute atomic E-state index is 0.00885. The molecule has 0 radical (unpaired) electrons. The lowest BCUT2D eigenvalue weighted by Crippen LogP contribution is -2.48. The molecule has 1 aliphatic rings. The molecule has 1 N–H and O–H groups in total. The topological polar surface area (TPSA) is 144 Å². The fourth-order valence-corrected chi connectivity index (χ4v) is 8.49. The summed E-state index contributed by atoms with van der Waals surface area (Å²) >= 11 is 0. The predicted octanol–water partition coefficient (Wildman–Crippen LogP) is 7.78. The fraction of sp³-hybridized carbons (Fsp3) is 0.514. The monoisotopic (exact) mass is 767 g/mol. The van der Waals surface area contributed by atoms with Crippen molar-refractivity contribution in [3.8, 4) is 5.88 Å². The van der Waals surface area contributed by atoms with Gasteiger partial charge in [-0.25, -0.2) is 4.98 Å². The van der Waals surface area contributed by atoms with Crippen LogP contribution in [0, 0.1) is 6.92 Å². The van der Waals surface area contributed by atoms with Crippen LogP contribution < -0.4 is 9.50 Å². The summed E-state index contributed by atoms with van der Waals surface area (Å²) in [5, 5.41) is 2.70. The summed E-state index contributed by atoms with van der Waals surface area (Å²) in [4.78, 5) is 26.6. The van der Waals surface area contributed by atoms with Crippen LogP contribution in [-0.2, 0) is 34.9 Å². The molecular formula is C37H53N5O7SSi2. The highest BCUT2D eigenvalue weighted by Crippen LogP contribution is 2.43. The van der Waals surface area contributed by atoms with Crippen molar-refractivity contribution in [1.82, 2.24) is 19.5 Å². The molecule has 282 valence electrons. The molecule has 3 heterocycles. The lowest BCUT2D eigenvalue weighted by molar-refractivity contribution is -0.115. The Morgan fingerprint density at radius 3 is 2.19 bits per heavy atom. The molecule has 1 fully saturated rings. The minimum atomic E-state index is -4.32. The Labute approximate surface area is 310 Å². The molecule has 0 unspecified atom stereocenters. The number of carbonyl (C=O) groups excluding carboxylic acids is 1. The molecule has 15 heteroatoms. The highest BCUT2D eigenvalue weighted by Gasteiger charge is 2.47. The molecule has 0 bridgehead atoms. The smallest absolute Gasteiger partial charge is 0.340 e. The zero-order chi connectivity index (χ0) is 38.3. The van der Waals surface area contributed by atoms with Crippen molar-refractivity contribution in [1.29, 1.82) is 0 Å². The molecule has 1 amide bonds. The minimum Gasteiger partial charge on any atom is -0.414 e. The number of fused-ring (bicyclic) bond motifs is 1. The summed E-state index contributed by atoms with van der Waals surface area (Å²) in [7, 11) is -8.67. The number of aryl methyl sites for hydroxylation is 1. The Balaban J connectivity index is 1.53. The molecule has 3 atom stereocenters. The number of ether oxygens (including phenoxy) is 1. The van der Waals surface area contributed by atoms with Gasteiger partial charge in [0, 0.05) is 6.42 Å². The van der Waals surface area contributed by atoms with Crippen LogP contribution in [0.3, 0.4) is 0 Å². The number of carbonyl (C=O) groups is 1. The molecule has 1 saturated heterocycles. The van der Waals surface area contributed by atoms with Gasteiger partial charge in [-0.1, -0.05) is 89.6 Å². The quantitative estimate of drug-likeness (QED) is 0.112. The normalized spacial score (nSPS) is 18.9. The van der Waals surface area contributed by atoms with Gasteiger partial charge in [-0.2, -0.15) is 18.4 Å². The van der Waals surface area contributed by atoms with Crippen molar-refractivity contribution in [3.05, 3.63) is 72.1 Å². The number of rotatable bonds is 12. The second-order valence-electron chi connectivity index (χ2n) is 16.6. The number of benzene rings is 2. The number of imidazole rings is 1. The molecule has 12 nitrogen and oxygen atoms in total. The van der Waals surface area contributed by atoms with E-state index >= 15 is 0 Å². The molecule has 1 aliphatic heterocycles. The van der Waals surface area contributed by atoms with Crippen LogP contribution in [0.4, 0.5) is 5.95 Å². The van der Waals surface area contributed by atoms with Gasteiger partial charge in [-0.05, 0) is 60.9 Å². The lowest BCUT2D eigenvalue weighted by Gasteiger charge is -2.40. The van der Waals surface area contributed by atoms with E-state index in [1.807, 2.05) is 37.3 Å². The standard InChI is InChI=1S/C37H53N5O7SSi2/c1-25-17-19-27(20-18-25)50(44,45)48-34-32-33(40-35(41-34)39-30(43)21-26-15-13-12-14-16-26)42(24-38-32)31-22-28(49-52(10,11)37(5,6)7)29(47-31)23-46-51(8,9)36(2,3)4/h12-20,24,28-29,31H,21-23H2,1-11H3,(H,39,40,41,43)/t28-,29+,31+/m0/s1. The average molecular weight is 768 g/mol. The first kappa shape index (κ1) is 39.7. The van der Waals surface area contributed by atoms with Gasteiger partial charge in [0.2, 0.25) is 11.9 Å². The first-order chi connectivity index (χ1) is 24.1. The maximum atomic E-state index is 13.5. The van der Waals surface area contributed by atoms with E-state index in [1.165, 1.54) is 18.5 Å². The fourth-order valence-electron chi connectivity index (χ4n) is 5.23. The van der Waals surface area contributed by atoms with Gasteiger partial charge in [0.05, 0.1) is 25.5 Å². The second-order valence-corrected chi connectivity index (χ2v) is 27.7. The van der Waals surface area contributed by atoms with Gasteiger partial charge in [0.25, 0.3) is 5.88 Å². The molecule has 2 aromatic carbocycles. The summed E-state index contributed by atoms with van der Waals surface area (Å²) in [5.41, 5.74) is 2.03. The third kappa shape index (κ3) is 9.00. The molecule has 4 aromatic rings. The number of hydrogen-bond donors (Lipinski definition) is 1. The Morgan fingerprint density at radius 1 is 0.942 bits per heavy atom. The third-order valence-corrected chi connectivity index (χ3v) is 20.7. The van der Waals surface area contributed by atoms with Gasteiger partial charge in [0.1, 0.15) is 17.2 Å². The van der Waals surface area contributed by atoms with E-state index < -0.39 is 33.0 Å². The van der Waals surface area contributed by atoms with Crippen LogP contribution in [-0.4, -0.2) is 69.3 Å². The Kier molecular flexibility index (Phi) is 11.3. The van der Waals surface area contributed by atoms with Crippen LogP contribution >= 0.6 is 0 Å². The van der Waals surface area contributed by atoms with Crippen molar-refractivity contribution >= 4 is 49.8 Å². The molecule has 2 aromatic heterocycles. The van der Waals surface area contributed by atoms with E-state index in [4.69, 9.17) is 17.8 Å². The average Bonchev–Trinajstić information content (AvgIpc) is 3.63. The van der Waals surface area contributed by atoms with Crippen LogP contribution in [0.1, 0.15) is 65.3 Å². The summed E-state index contributed by atoms with van der Waals surface area (Å²) in [6.07, 6.45) is 0.824. The summed E-state index contributed by atoms with van der Waals surface area (Å²) in [6.45, 7) is 24.3. The maximum Gasteiger partial charge on any atom is 0.340 e. The van der Waals surface area contributed by atoms with Crippen LogP contribution in [0.5, 0.6) is 5.88 Å². The first-order valence-electron chi connectivity index (χ1n) is 17.6. The van der Waals surface area contributed by atoms with E-state index in [2.05, 4.69) is 88.0 Å². The second kappa shape index (κ2) is 14.7. The molecule has 0 saturated carbocycles. The Bertz CT molecular complexity index is 1990. The number of aromatic nitrogens is 4. The van der Waals surface area contributed by atoms with Gasteiger partial charge in [-0.3, -0.25) is 14.7 Å². The van der Waals surface area contributed by atoms with E-state index in [-0.39, 0.29) is 62.5 Å². The predicted molar refractivity (Wildman–Crippen MR) is 207 cm³/mol. The summed E-state index contributed by atoms with van der Waals surface area (Å²) in [6, 6.07) is 15.5. The SMILES string of the molecule is Cc1ccc(S(=O)(=O)Oc2nc(NC(=O)Cc3ccccc3)nc3c2ncn3[C@H]2C[C@H](O[Si](C)(C)C(C)(C)C)[C@@H](CO[Si](C)(C)C(C)(C)C)O2)cc1. The Hall–Kier alpha value is -3.48. The van der Waals surface area contributed by atoms with Crippen LogP contribution in [0.2, 0.25) is 36.3 Å². The lowest BCUT2D eigenvalue weighted by atomic mass is 10.1. The third-order valence-electron chi connectivity index (χ3n) is 10.5. The zero-order valence-electron chi connectivity index (χ0n) is 32.2. The molecule has 5 rings (SSSR count). The Morgan fingerprint density at radius 2 is 1.58 bits per heavy atom. The van der Waals surface area contributed by atoms with Gasteiger partial charge in [0.15, 0.2) is 27.8 Å². The van der Waals surface area contributed by atoms with Crippen molar-refractivity contribution in [2.75, 3.05) is 11.9 Å². The van der Waals surface area contributed by atoms with Crippen molar-refractivity contribution in [3.63, 3.8) is 0 Å². The van der Waals surface area contributed by atoms with Crippen LogP contribution in [0.15, 0.2) is 65.8 Å².